The molecule has 166 valence electrons. The summed E-state index contributed by atoms with van der Waals surface area (Å²) in [5, 5.41) is 21.4. The Bertz CT molecular complexity index is 1340. The van der Waals surface area contributed by atoms with Crippen LogP contribution in [0.1, 0.15) is 44.6 Å². The number of nitrogens with zero attached hydrogens (tertiary/aromatic N) is 3. The van der Waals surface area contributed by atoms with E-state index in [0.717, 1.165) is 34.2 Å². The fourth-order valence-electron chi connectivity index (χ4n) is 4.39. The van der Waals surface area contributed by atoms with Crippen molar-refractivity contribution in [2.75, 3.05) is 18.6 Å². The van der Waals surface area contributed by atoms with Crippen LogP contribution in [0.5, 0.6) is 5.75 Å². The first-order chi connectivity index (χ1) is 15.4. The van der Waals surface area contributed by atoms with E-state index in [2.05, 4.69) is 5.16 Å². The minimum absolute atomic E-state index is 0.00424. The molecule has 10 heteroatoms. The Morgan fingerprint density at radius 2 is 2.16 bits per heavy atom. The first-order valence-electron chi connectivity index (χ1n) is 10.2. The molecule has 2 aliphatic rings. The van der Waals surface area contributed by atoms with Crippen molar-refractivity contribution in [2.24, 2.45) is 5.16 Å². The second-order valence-corrected chi connectivity index (χ2v) is 9.13. The number of rotatable bonds is 5. The Hall–Kier alpha value is -3.40. The molecule has 1 aromatic carbocycles. The largest absolute Gasteiger partial charge is 0.492 e. The summed E-state index contributed by atoms with van der Waals surface area (Å²) in [4.78, 5) is 28.3. The molecule has 32 heavy (non-hydrogen) atoms. The molecule has 0 atom stereocenters. The number of benzene rings is 1. The minimum atomic E-state index is -1.34. The number of methoxy groups -OCH3 is 1. The SMILES string of the molecule is COc1c(N2CCc3sc(/C=N/O)cc3C2)c(F)cc2c(=O)c(C(=O)O)cn(C3CC3)c12. The second-order valence-electron chi connectivity index (χ2n) is 7.97. The minimum Gasteiger partial charge on any atom is -0.492 e. The first kappa shape index (κ1) is 20.5. The van der Waals surface area contributed by atoms with Crippen LogP contribution in [0.25, 0.3) is 10.9 Å². The highest BCUT2D eigenvalue weighted by atomic mass is 32.1. The number of hydrogen-bond acceptors (Lipinski definition) is 7. The molecule has 0 saturated heterocycles. The highest BCUT2D eigenvalue weighted by Gasteiger charge is 2.32. The van der Waals surface area contributed by atoms with Gasteiger partial charge in [-0.05, 0) is 37.0 Å². The lowest BCUT2D eigenvalue weighted by molar-refractivity contribution is 0.0694. The third kappa shape index (κ3) is 3.22. The molecule has 1 fully saturated rings. The summed E-state index contributed by atoms with van der Waals surface area (Å²) in [5.41, 5.74) is 0.590. The summed E-state index contributed by atoms with van der Waals surface area (Å²) >= 11 is 1.53. The van der Waals surface area contributed by atoms with E-state index in [1.54, 1.807) is 4.57 Å². The molecule has 5 rings (SSSR count). The zero-order valence-corrected chi connectivity index (χ0v) is 18.0. The number of oxime groups is 1. The van der Waals surface area contributed by atoms with E-state index in [9.17, 15) is 14.7 Å². The maximum Gasteiger partial charge on any atom is 0.341 e. The molecule has 0 bridgehead atoms. The van der Waals surface area contributed by atoms with Crippen LogP contribution in [-0.4, -0.2) is 40.7 Å². The Morgan fingerprint density at radius 3 is 2.81 bits per heavy atom. The van der Waals surface area contributed by atoms with Crippen LogP contribution in [0.15, 0.2) is 28.3 Å². The number of pyridine rings is 1. The first-order valence-corrected chi connectivity index (χ1v) is 11.0. The third-order valence-electron chi connectivity index (χ3n) is 5.96. The number of halogens is 1. The average molecular weight is 457 g/mol. The number of carboxylic acids is 1. The fraction of sp³-hybridized carbons (Fsp3) is 0.318. The van der Waals surface area contributed by atoms with E-state index < -0.39 is 17.2 Å². The Morgan fingerprint density at radius 1 is 1.38 bits per heavy atom. The van der Waals surface area contributed by atoms with Gasteiger partial charge in [0.1, 0.15) is 11.3 Å². The number of aromatic carboxylic acids is 1. The number of ether oxygens (including phenoxy) is 1. The Balaban J connectivity index is 1.70. The van der Waals surface area contributed by atoms with Gasteiger partial charge < -0.3 is 24.5 Å². The molecule has 2 N–H and O–H groups in total. The normalized spacial score (nSPS) is 16.0. The van der Waals surface area contributed by atoms with Gasteiger partial charge in [0.25, 0.3) is 0 Å². The van der Waals surface area contributed by atoms with Gasteiger partial charge in [-0.1, -0.05) is 5.16 Å². The van der Waals surface area contributed by atoms with E-state index in [1.807, 2.05) is 11.0 Å². The summed E-state index contributed by atoms with van der Waals surface area (Å²) in [6.45, 7) is 0.980. The highest BCUT2D eigenvalue weighted by molar-refractivity contribution is 7.13. The summed E-state index contributed by atoms with van der Waals surface area (Å²) in [7, 11) is 1.43. The van der Waals surface area contributed by atoms with E-state index in [1.165, 1.54) is 30.9 Å². The molecule has 2 aromatic heterocycles. The van der Waals surface area contributed by atoms with E-state index in [4.69, 9.17) is 9.94 Å². The molecule has 1 saturated carbocycles. The zero-order valence-electron chi connectivity index (χ0n) is 17.2. The Labute approximate surface area is 185 Å². The topological polar surface area (TPSA) is 104 Å². The van der Waals surface area contributed by atoms with Crippen LogP contribution in [-0.2, 0) is 13.0 Å². The van der Waals surface area contributed by atoms with Gasteiger partial charge in [-0.2, -0.15) is 0 Å². The van der Waals surface area contributed by atoms with Crippen molar-refractivity contribution in [3.05, 3.63) is 55.3 Å². The number of carbonyl (C=O) groups is 1. The smallest absolute Gasteiger partial charge is 0.341 e. The second kappa shape index (κ2) is 7.63. The van der Waals surface area contributed by atoms with Crippen LogP contribution in [0.2, 0.25) is 0 Å². The molecule has 8 nitrogen and oxygen atoms in total. The van der Waals surface area contributed by atoms with Gasteiger partial charge in [0, 0.05) is 35.1 Å². The maximum absolute atomic E-state index is 15.4. The van der Waals surface area contributed by atoms with Gasteiger partial charge in [-0.15, -0.1) is 11.3 Å². The van der Waals surface area contributed by atoms with Crippen molar-refractivity contribution < 1.29 is 24.2 Å². The van der Waals surface area contributed by atoms with E-state index in [0.29, 0.717) is 25.0 Å². The molecule has 3 aromatic rings. The third-order valence-corrected chi connectivity index (χ3v) is 7.13. The van der Waals surface area contributed by atoms with Gasteiger partial charge in [0.05, 0.1) is 24.2 Å². The number of aromatic nitrogens is 1. The van der Waals surface area contributed by atoms with Crippen molar-refractivity contribution >= 4 is 40.1 Å². The van der Waals surface area contributed by atoms with Gasteiger partial charge >= 0.3 is 5.97 Å². The molecule has 3 heterocycles. The van der Waals surface area contributed by atoms with Crippen LogP contribution in [0, 0.1) is 5.82 Å². The van der Waals surface area contributed by atoms with Gasteiger partial charge in [-0.3, -0.25) is 4.79 Å². The molecule has 1 aliphatic heterocycles. The van der Waals surface area contributed by atoms with E-state index in [-0.39, 0.29) is 28.4 Å². The van der Waals surface area contributed by atoms with Crippen molar-refractivity contribution in [2.45, 2.75) is 31.8 Å². The monoisotopic (exact) mass is 457 g/mol. The lowest BCUT2D eigenvalue weighted by Gasteiger charge is -2.31. The molecule has 0 amide bonds. The molecule has 0 unspecified atom stereocenters. The molecular formula is C22H20FN3O5S. The number of thiophene rings is 1. The van der Waals surface area contributed by atoms with Gasteiger partial charge in [0.15, 0.2) is 11.6 Å². The summed E-state index contributed by atoms with van der Waals surface area (Å²) in [5.74, 6) is -1.73. The summed E-state index contributed by atoms with van der Waals surface area (Å²) in [6, 6.07) is 3.10. The standard InChI is InChI=1S/C22H20FN3O5S/c1-31-21-18-14(20(27)15(22(28)29)10-26(18)12-2-3-12)7-16(23)19(21)25-5-4-17-11(9-25)6-13(32-17)8-24-30/h6-8,10,12,30H,2-5,9H2,1H3,(H,28,29)/b24-8+. The number of anilines is 1. The fourth-order valence-corrected chi connectivity index (χ4v) is 5.43. The van der Waals surface area contributed by atoms with Crippen LogP contribution < -0.4 is 15.1 Å². The predicted molar refractivity (Wildman–Crippen MR) is 118 cm³/mol. The lowest BCUT2D eigenvalue weighted by atomic mass is 10.0. The lowest BCUT2D eigenvalue weighted by Crippen LogP contribution is -2.31. The molecule has 0 spiro atoms. The highest BCUT2D eigenvalue weighted by Crippen LogP contribution is 2.44. The number of carboxylic acid groups (broad SMARTS) is 1. The quantitative estimate of drug-likeness (QED) is 0.345. The van der Waals surface area contributed by atoms with Gasteiger partial charge in [0.2, 0.25) is 5.43 Å². The van der Waals surface area contributed by atoms with Gasteiger partial charge in [-0.25, -0.2) is 9.18 Å². The molecule has 1 aliphatic carbocycles. The zero-order chi connectivity index (χ0) is 22.6. The average Bonchev–Trinajstić information content (AvgIpc) is 3.52. The van der Waals surface area contributed by atoms with Crippen LogP contribution >= 0.6 is 11.3 Å². The van der Waals surface area contributed by atoms with Crippen molar-refractivity contribution in [1.29, 1.82) is 0 Å². The van der Waals surface area contributed by atoms with E-state index >= 15 is 4.39 Å². The predicted octanol–water partition coefficient (Wildman–Crippen LogP) is 3.61. The van der Waals surface area contributed by atoms with Crippen molar-refractivity contribution in [1.82, 2.24) is 4.57 Å². The maximum atomic E-state index is 15.4. The van der Waals surface area contributed by atoms with Crippen molar-refractivity contribution in [3.8, 4) is 5.75 Å². The summed E-state index contributed by atoms with van der Waals surface area (Å²) < 4.78 is 22.9. The molecule has 0 radical (unpaired) electrons. The number of hydrogen-bond donors (Lipinski definition) is 2. The van der Waals surface area contributed by atoms with Crippen LogP contribution in [0.4, 0.5) is 10.1 Å². The molecular weight excluding hydrogens is 437 g/mol. The van der Waals surface area contributed by atoms with Crippen LogP contribution in [0.3, 0.4) is 0 Å². The summed E-state index contributed by atoms with van der Waals surface area (Å²) in [6.07, 6.45) is 5.11. The Kier molecular flexibility index (Phi) is 4.89. The van der Waals surface area contributed by atoms with Crippen molar-refractivity contribution in [3.63, 3.8) is 0 Å². The number of fused-ring (bicyclic) bond motifs is 2.